The number of benzene rings is 3. The summed E-state index contributed by atoms with van der Waals surface area (Å²) >= 11 is 6.61. The molecule has 0 radical (unpaired) electrons. The van der Waals surface area contributed by atoms with Crippen molar-refractivity contribution in [3.63, 3.8) is 0 Å². The molecular weight excluding hydrogens is 894 g/mol. The monoisotopic (exact) mass is 951 g/mol. The molecule has 0 unspecified atom stereocenters. The van der Waals surface area contributed by atoms with Gasteiger partial charge in [0.15, 0.2) is 22.3 Å². The van der Waals surface area contributed by atoms with Crippen LogP contribution in [0.4, 0.5) is 17.1 Å². The van der Waals surface area contributed by atoms with Gasteiger partial charge in [0.05, 0.1) is 27.0 Å². The third-order valence-electron chi connectivity index (χ3n) is 15.3. The van der Waals surface area contributed by atoms with Gasteiger partial charge < -0.3 is 29.8 Å². The molecule has 17 heteroatoms. The fourth-order valence-electron chi connectivity index (χ4n) is 11.5. The molecule has 2 aliphatic carbocycles. The molecule has 2 aromatic heterocycles. The van der Waals surface area contributed by atoms with Crippen LogP contribution in [-0.2, 0) is 10.0 Å². The van der Waals surface area contributed by atoms with E-state index in [1.807, 2.05) is 6.07 Å². The highest BCUT2D eigenvalue weighted by atomic mass is 35.5. The summed E-state index contributed by atoms with van der Waals surface area (Å²) in [6, 6.07) is 20.0. The van der Waals surface area contributed by atoms with Crippen LogP contribution < -0.4 is 24.4 Å². The zero-order chi connectivity index (χ0) is 46.8. The minimum atomic E-state index is -4.69. The Morgan fingerprint density at radius 2 is 1.78 bits per heavy atom. The van der Waals surface area contributed by atoms with E-state index in [-0.39, 0.29) is 57.6 Å². The molecule has 67 heavy (non-hydrogen) atoms. The predicted octanol–water partition coefficient (Wildman–Crippen LogP) is 9.51. The number of aliphatic hydroxyl groups is 1. The fraction of sp³-hybridized carbons (Fsp3) is 0.480. The van der Waals surface area contributed by atoms with Crippen molar-refractivity contribution in [2.24, 2.45) is 11.3 Å². The molecule has 2 saturated carbocycles. The summed E-state index contributed by atoms with van der Waals surface area (Å²) in [6.45, 7) is 10.3. The summed E-state index contributed by atoms with van der Waals surface area (Å²) in [5.41, 5.74) is 3.31. The van der Waals surface area contributed by atoms with Crippen LogP contribution in [0.25, 0.3) is 11.0 Å². The van der Waals surface area contributed by atoms with Crippen molar-refractivity contribution >= 4 is 55.6 Å². The number of hydrogen-bond donors (Lipinski definition) is 4. The Morgan fingerprint density at radius 1 is 1.01 bits per heavy atom. The van der Waals surface area contributed by atoms with E-state index in [4.69, 9.17) is 21.1 Å². The van der Waals surface area contributed by atoms with Crippen molar-refractivity contribution in [2.75, 3.05) is 43.0 Å². The lowest BCUT2D eigenvalue weighted by molar-refractivity contribution is -0.384. The van der Waals surface area contributed by atoms with Crippen LogP contribution in [-0.4, -0.2) is 89.7 Å². The van der Waals surface area contributed by atoms with Gasteiger partial charge in [-0.2, -0.15) is 0 Å². The van der Waals surface area contributed by atoms with Crippen LogP contribution >= 0.6 is 11.6 Å². The molecule has 354 valence electrons. The Kier molecular flexibility index (Phi) is 11.9. The molecule has 10 rings (SSSR count). The van der Waals surface area contributed by atoms with Crippen molar-refractivity contribution in [3.05, 3.63) is 105 Å². The maximum atomic E-state index is 14.2. The molecule has 3 aromatic carbocycles. The van der Waals surface area contributed by atoms with Gasteiger partial charge in [-0.25, -0.2) is 18.1 Å². The molecular formula is C50H58ClN7O8S. The standard InChI is InChI=1S/C50H58ClN7O8S/c1-30(2)35-7-4-5-8-36(35)37-9-6-10-40(37)57-28-50(29-57)18-21-56(22-19-50)33-11-12-38(42(24-33)66-44-23-32-15-20-52-47(32)54-46(44)51)48(59)55-67(63,64)34-25-41(58(61)62)45-43(26-34)65-27-39(53-45)31-13-16-49(3,60)17-14-31/h4-5,7-8,11-12,15,20,23-26,30-31,37,39-40,53,60H,6,9-10,13-14,16-19,21-22,27-29H2,1-3H3,(H,52,54)(H,55,59)/t31-,37-,39+,40-,49-/m0/s1. The molecule has 5 aromatic rings. The van der Waals surface area contributed by atoms with Crippen molar-refractivity contribution in [3.8, 4) is 17.2 Å². The number of hydrogen-bond acceptors (Lipinski definition) is 12. The largest absolute Gasteiger partial charge is 0.489 e. The zero-order valence-electron chi connectivity index (χ0n) is 38.1. The summed E-state index contributed by atoms with van der Waals surface area (Å²) < 4.78 is 42.5. The topological polar surface area (TPSA) is 192 Å². The van der Waals surface area contributed by atoms with Crippen LogP contribution in [0.2, 0.25) is 5.15 Å². The number of piperidine rings is 1. The Labute approximate surface area is 395 Å². The van der Waals surface area contributed by atoms with Crippen LogP contribution in [0.1, 0.15) is 112 Å². The number of fused-ring (bicyclic) bond motifs is 2. The minimum absolute atomic E-state index is 0.00943. The Bertz CT molecular complexity index is 2830. The first-order valence-corrected chi connectivity index (χ1v) is 25.5. The maximum Gasteiger partial charge on any atom is 0.297 e. The normalized spacial score (nSPS) is 25.0. The van der Waals surface area contributed by atoms with E-state index >= 15 is 0 Å². The van der Waals surface area contributed by atoms with Crippen LogP contribution in [0.5, 0.6) is 17.2 Å². The summed E-state index contributed by atoms with van der Waals surface area (Å²) in [6.07, 6.45) is 10.1. The van der Waals surface area contributed by atoms with Gasteiger partial charge in [-0.05, 0) is 117 Å². The second-order valence-corrected chi connectivity index (χ2v) is 22.2. The first kappa shape index (κ1) is 45.4. The lowest BCUT2D eigenvalue weighted by Crippen LogP contribution is -2.63. The fourth-order valence-corrected chi connectivity index (χ4v) is 12.7. The van der Waals surface area contributed by atoms with Crippen molar-refractivity contribution in [2.45, 2.75) is 113 Å². The summed E-state index contributed by atoms with van der Waals surface area (Å²) in [5, 5.41) is 26.8. The molecule has 2 saturated heterocycles. The van der Waals surface area contributed by atoms with E-state index in [0.29, 0.717) is 49.2 Å². The Morgan fingerprint density at radius 3 is 2.52 bits per heavy atom. The van der Waals surface area contributed by atoms with Gasteiger partial charge in [0.1, 0.15) is 18.0 Å². The zero-order valence-corrected chi connectivity index (χ0v) is 39.7. The lowest BCUT2D eigenvalue weighted by atomic mass is 9.70. The number of nitro benzene ring substituents is 1. The molecule has 3 aliphatic heterocycles. The molecule has 4 fully saturated rings. The molecule has 5 aliphatic rings. The van der Waals surface area contributed by atoms with Crippen molar-refractivity contribution < 1.29 is 32.7 Å². The number of halogens is 1. The molecule has 1 amide bonds. The van der Waals surface area contributed by atoms with Crippen molar-refractivity contribution in [1.29, 1.82) is 0 Å². The average molecular weight is 953 g/mol. The molecule has 3 atom stereocenters. The number of likely N-dealkylation sites (tertiary alicyclic amines) is 1. The second kappa shape index (κ2) is 17.6. The van der Waals surface area contributed by atoms with Gasteiger partial charge in [0, 0.05) is 67.7 Å². The number of nitrogens with zero attached hydrogens (tertiary/aromatic N) is 4. The van der Waals surface area contributed by atoms with Gasteiger partial charge in [0.25, 0.3) is 21.6 Å². The van der Waals surface area contributed by atoms with Crippen LogP contribution in [0.15, 0.2) is 77.8 Å². The summed E-state index contributed by atoms with van der Waals surface area (Å²) in [7, 11) is -4.69. The highest BCUT2D eigenvalue weighted by Crippen LogP contribution is 2.49. The molecule has 4 N–H and O–H groups in total. The van der Waals surface area contributed by atoms with Crippen molar-refractivity contribution in [1.82, 2.24) is 19.6 Å². The number of carbonyl (C=O) groups excluding carboxylic acids is 1. The number of ether oxygens (including phenoxy) is 2. The lowest BCUT2D eigenvalue weighted by Gasteiger charge is -2.57. The summed E-state index contributed by atoms with van der Waals surface area (Å²) in [4.78, 5) is 37.8. The third kappa shape index (κ3) is 8.93. The van der Waals surface area contributed by atoms with Gasteiger partial charge >= 0.3 is 0 Å². The highest BCUT2D eigenvalue weighted by molar-refractivity contribution is 7.90. The number of nitro groups is 1. The van der Waals surface area contributed by atoms with E-state index in [0.717, 1.165) is 56.2 Å². The number of aromatic amines is 1. The van der Waals surface area contributed by atoms with E-state index < -0.39 is 37.0 Å². The second-order valence-electron chi connectivity index (χ2n) is 20.2. The highest BCUT2D eigenvalue weighted by Gasteiger charge is 2.49. The van der Waals surface area contributed by atoms with E-state index in [2.05, 4.69) is 67.9 Å². The quantitative estimate of drug-likeness (QED) is 0.0558. The van der Waals surface area contributed by atoms with E-state index in [1.54, 1.807) is 31.3 Å². The first-order valence-electron chi connectivity index (χ1n) is 23.6. The predicted molar refractivity (Wildman–Crippen MR) is 257 cm³/mol. The average Bonchev–Trinajstić information content (AvgIpc) is 3.97. The Balaban J connectivity index is 0.866. The first-order chi connectivity index (χ1) is 32.1. The minimum Gasteiger partial charge on any atom is -0.489 e. The number of aromatic nitrogens is 2. The molecule has 1 spiro atoms. The Hall–Kier alpha value is -5.42. The number of rotatable bonds is 11. The van der Waals surface area contributed by atoms with Crippen LogP contribution in [0, 0.1) is 21.4 Å². The van der Waals surface area contributed by atoms with E-state index in [9.17, 15) is 28.4 Å². The number of carbonyl (C=O) groups is 1. The SMILES string of the molecule is CC(C)c1ccccc1[C@@H]1CCC[C@@H]1N1CC2(CCN(c3ccc(C(=O)NS(=O)(=O)c4cc5c(c([N+](=O)[O-])c4)N[C@@H]([C@H]4CC[C@](C)(O)CC4)CO5)c(Oc4cc5cc[nH]c5nc4Cl)c3)CC2)C1. The van der Waals surface area contributed by atoms with E-state index in [1.165, 1.54) is 42.5 Å². The number of anilines is 2. The number of H-pyrrole nitrogens is 1. The van der Waals surface area contributed by atoms with Gasteiger partial charge in [-0.1, -0.05) is 56.1 Å². The van der Waals surface area contributed by atoms with Crippen LogP contribution in [0.3, 0.4) is 0 Å². The van der Waals surface area contributed by atoms with Gasteiger partial charge in [0.2, 0.25) is 0 Å². The maximum absolute atomic E-state index is 14.2. The van der Waals surface area contributed by atoms with Gasteiger partial charge in [-0.15, -0.1) is 0 Å². The molecule has 0 bridgehead atoms. The number of amides is 1. The molecule has 15 nitrogen and oxygen atoms in total. The van der Waals surface area contributed by atoms with Gasteiger partial charge in [-0.3, -0.25) is 19.8 Å². The molecule has 5 heterocycles. The smallest absolute Gasteiger partial charge is 0.297 e. The number of nitrogens with one attached hydrogen (secondary N) is 3. The third-order valence-corrected chi connectivity index (χ3v) is 16.9. The number of pyridine rings is 1. The number of sulfonamides is 1. The summed E-state index contributed by atoms with van der Waals surface area (Å²) in [5.74, 6) is 0.368.